The van der Waals surface area contributed by atoms with Crippen LogP contribution in [0.2, 0.25) is 0 Å². The minimum Gasteiger partial charge on any atom is -0.460 e. The summed E-state index contributed by atoms with van der Waals surface area (Å²) in [6.07, 6.45) is 48.0. The Kier molecular flexibility index (Phi) is 52.7. The third kappa shape index (κ3) is 43.2. The van der Waals surface area contributed by atoms with E-state index >= 15 is 0 Å². The monoisotopic (exact) mass is 1110 g/mol. The van der Waals surface area contributed by atoms with Gasteiger partial charge in [0.2, 0.25) is 0 Å². The molecule has 0 saturated carbocycles. The molecular weight excluding hydrogens is 984 g/mol. The van der Waals surface area contributed by atoms with Crippen LogP contribution in [0.5, 0.6) is 0 Å². The van der Waals surface area contributed by atoms with E-state index in [0.29, 0.717) is 16.7 Å². The maximum Gasteiger partial charge on any atom is 0.475 e. The molecule has 0 heterocycles. The number of rotatable bonds is 57. The first-order valence-corrected chi connectivity index (χ1v) is 34.0. The molecule has 10 nitrogen and oxygen atoms in total. The van der Waals surface area contributed by atoms with Crippen LogP contribution >= 0.6 is 7.82 Å². The summed E-state index contributed by atoms with van der Waals surface area (Å²) in [6.45, 7) is 17.7. The van der Waals surface area contributed by atoms with Gasteiger partial charge in [-0.1, -0.05) is 251 Å². The van der Waals surface area contributed by atoms with Crippen LogP contribution < -0.4 is 0 Å². The molecule has 0 rings (SSSR count). The first kappa shape index (κ1) is 74.7. The quantitative estimate of drug-likeness (QED) is 0.0191. The molecule has 11 heteroatoms. The van der Waals surface area contributed by atoms with E-state index in [9.17, 15) is 18.9 Å². The number of phosphoric acid groups is 1. The fraction of sp³-hybridized carbons (Fsp3) is 0.864. The second-order valence-electron chi connectivity index (χ2n) is 22.1. The first-order valence-electron chi connectivity index (χ1n) is 32.6. The van der Waals surface area contributed by atoms with Gasteiger partial charge in [-0.3, -0.25) is 13.6 Å². The predicted molar refractivity (Wildman–Crippen MR) is 324 cm³/mol. The number of esters is 3. The van der Waals surface area contributed by atoms with Crippen LogP contribution in [0.4, 0.5) is 0 Å². The van der Waals surface area contributed by atoms with Gasteiger partial charge in [-0.2, -0.15) is 0 Å². The molecule has 0 unspecified atom stereocenters. The zero-order chi connectivity index (χ0) is 56.9. The van der Waals surface area contributed by atoms with Gasteiger partial charge in [0.05, 0.1) is 19.8 Å². The molecule has 77 heavy (non-hydrogen) atoms. The van der Waals surface area contributed by atoms with Crippen molar-refractivity contribution < 1.29 is 46.7 Å². The fourth-order valence-corrected chi connectivity index (χ4v) is 11.1. The van der Waals surface area contributed by atoms with Crippen molar-refractivity contribution in [2.75, 3.05) is 39.6 Å². The molecule has 0 aromatic rings. The third-order valence-corrected chi connectivity index (χ3v) is 16.7. The minimum atomic E-state index is -4.30. The Balaban J connectivity index is 6.09. The van der Waals surface area contributed by atoms with Crippen molar-refractivity contribution in [2.24, 2.45) is 0 Å². The Hall–Kier alpha value is -2.26. The summed E-state index contributed by atoms with van der Waals surface area (Å²) in [5.74, 6) is -1.20. The maximum atomic E-state index is 14.2. The zero-order valence-corrected chi connectivity index (χ0v) is 52.9. The van der Waals surface area contributed by atoms with E-state index in [2.05, 4.69) is 41.5 Å². The molecule has 0 spiro atoms. The van der Waals surface area contributed by atoms with Crippen molar-refractivity contribution >= 4 is 25.7 Å². The highest BCUT2D eigenvalue weighted by atomic mass is 31.2. The van der Waals surface area contributed by atoms with Crippen molar-refractivity contribution in [3.8, 4) is 0 Å². The van der Waals surface area contributed by atoms with Crippen LogP contribution in [0.1, 0.15) is 332 Å². The smallest absolute Gasteiger partial charge is 0.460 e. The molecule has 0 amide bonds. The van der Waals surface area contributed by atoms with E-state index in [-0.39, 0.29) is 39.6 Å². The van der Waals surface area contributed by atoms with Crippen LogP contribution in [0.15, 0.2) is 33.4 Å². The molecule has 0 bridgehead atoms. The SMILES string of the molecule is CCCCCCCCC(CCCCCCCC)=C(C)C(=O)OCCOP(=O)(OCCOC(=O)C(C)=C(CCCCCCCC)CCCCCCCC)OCCOC(=O)C(C)=C(CCCCCCCC)CCCCCCCC. The molecule has 0 N–H and O–H groups in total. The van der Waals surface area contributed by atoms with Crippen molar-refractivity contribution in [2.45, 2.75) is 332 Å². The number of allylic oxidation sites excluding steroid dienone is 3. The summed E-state index contributed by atoms with van der Waals surface area (Å²) >= 11 is 0. The molecule has 0 atom stereocenters. The summed E-state index contributed by atoms with van der Waals surface area (Å²) < 4.78 is 48.7. The van der Waals surface area contributed by atoms with E-state index in [0.717, 1.165) is 132 Å². The number of carbonyl (C=O) groups excluding carboxylic acids is 3. The topological polar surface area (TPSA) is 124 Å². The van der Waals surface area contributed by atoms with Crippen molar-refractivity contribution in [1.82, 2.24) is 0 Å². The standard InChI is InChI=1S/C66H123O10P/c1-10-16-22-28-34-40-46-61(47-41-35-29-23-17-11-2)58(7)64(67)71-52-55-74-77(70,75-56-53-72-65(68)59(8)62(48-42-36-30-24-18-12-3)49-43-37-31-25-19-13-4)76-57-54-73-66(69)60(9)63(50-44-38-32-26-20-14-5)51-45-39-33-27-21-15-6/h10-57H2,1-9H3. The summed E-state index contributed by atoms with van der Waals surface area (Å²) in [5.41, 5.74) is 5.41. The summed E-state index contributed by atoms with van der Waals surface area (Å²) in [4.78, 5) is 40.5. The second-order valence-corrected chi connectivity index (χ2v) is 23.8. The molecule has 0 aliphatic carbocycles. The lowest BCUT2D eigenvalue weighted by Gasteiger charge is -2.19. The average molecular weight is 1110 g/mol. The highest BCUT2D eigenvalue weighted by molar-refractivity contribution is 7.48. The molecule has 0 fully saturated rings. The highest BCUT2D eigenvalue weighted by Crippen LogP contribution is 2.49. The molecule has 0 radical (unpaired) electrons. The lowest BCUT2D eigenvalue weighted by Crippen LogP contribution is -2.17. The van der Waals surface area contributed by atoms with Gasteiger partial charge in [0.1, 0.15) is 19.8 Å². The Labute approximate surface area is 475 Å². The number of ether oxygens (including phenoxy) is 3. The highest BCUT2D eigenvalue weighted by Gasteiger charge is 2.28. The normalized spacial score (nSPS) is 11.4. The van der Waals surface area contributed by atoms with Crippen LogP contribution in [0.25, 0.3) is 0 Å². The number of phosphoric ester groups is 1. The first-order chi connectivity index (χ1) is 37.4. The van der Waals surface area contributed by atoms with E-state index < -0.39 is 25.7 Å². The minimum absolute atomic E-state index is 0.161. The molecular formula is C66H123O10P. The molecule has 0 aliphatic rings. The van der Waals surface area contributed by atoms with Crippen molar-refractivity contribution in [3.63, 3.8) is 0 Å². The van der Waals surface area contributed by atoms with Gasteiger partial charge in [0, 0.05) is 16.7 Å². The van der Waals surface area contributed by atoms with Gasteiger partial charge in [-0.05, 0) is 97.8 Å². The Morgan fingerprint density at radius 3 is 0.610 bits per heavy atom. The average Bonchev–Trinajstić information content (AvgIpc) is 3.43. The molecule has 0 aliphatic heterocycles. The van der Waals surface area contributed by atoms with E-state index in [1.807, 2.05) is 20.8 Å². The molecule has 0 aromatic heterocycles. The third-order valence-electron chi connectivity index (χ3n) is 15.2. The summed E-state index contributed by atoms with van der Waals surface area (Å²) in [7, 11) is -4.30. The fourth-order valence-electron chi connectivity index (χ4n) is 9.93. The molecule has 452 valence electrons. The van der Waals surface area contributed by atoms with Crippen molar-refractivity contribution in [3.05, 3.63) is 33.4 Å². The Bertz CT molecular complexity index is 1350. The van der Waals surface area contributed by atoms with Gasteiger partial charge in [-0.15, -0.1) is 0 Å². The van der Waals surface area contributed by atoms with Gasteiger partial charge in [0.15, 0.2) is 0 Å². The van der Waals surface area contributed by atoms with Crippen molar-refractivity contribution in [1.29, 1.82) is 0 Å². The lowest BCUT2D eigenvalue weighted by molar-refractivity contribution is -0.140. The largest absolute Gasteiger partial charge is 0.475 e. The van der Waals surface area contributed by atoms with Crippen LogP contribution in [0, 0.1) is 0 Å². The maximum absolute atomic E-state index is 14.2. The van der Waals surface area contributed by atoms with Crippen LogP contribution in [-0.2, 0) is 46.7 Å². The van der Waals surface area contributed by atoms with Gasteiger partial charge in [0.25, 0.3) is 0 Å². The zero-order valence-electron chi connectivity index (χ0n) is 52.0. The van der Waals surface area contributed by atoms with E-state index in [1.165, 1.54) is 154 Å². The molecule has 0 saturated heterocycles. The molecule has 0 aromatic carbocycles. The Morgan fingerprint density at radius 2 is 0.429 bits per heavy atom. The van der Waals surface area contributed by atoms with Gasteiger partial charge < -0.3 is 14.2 Å². The van der Waals surface area contributed by atoms with E-state index in [4.69, 9.17) is 27.8 Å². The predicted octanol–water partition coefficient (Wildman–Crippen LogP) is 21.2. The summed E-state index contributed by atoms with van der Waals surface area (Å²) in [6, 6.07) is 0. The Morgan fingerprint density at radius 1 is 0.260 bits per heavy atom. The number of hydrogen-bond acceptors (Lipinski definition) is 10. The van der Waals surface area contributed by atoms with Gasteiger partial charge in [-0.25, -0.2) is 18.9 Å². The lowest BCUT2D eigenvalue weighted by atomic mass is 9.96. The summed E-state index contributed by atoms with van der Waals surface area (Å²) in [5, 5.41) is 0. The van der Waals surface area contributed by atoms with E-state index in [1.54, 1.807) is 0 Å². The van der Waals surface area contributed by atoms with Gasteiger partial charge >= 0.3 is 25.7 Å². The van der Waals surface area contributed by atoms with Crippen LogP contribution in [0.3, 0.4) is 0 Å². The number of hydrogen-bond donors (Lipinski definition) is 0. The van der Waals surface area contributed by atoms with Crippen LogP contribution in [-0.4, -0.2) is 57.5 Å². The number of unbranched alkanes of at least 4 members (excludes halogenated alkanes) is 30. The number of carbonyl (C=O) groups is 3. The second kappa shape index (κ2) is 54.3.